The molecule has 0 aliphatic carbocycles. The molecule has 4 rings (SSSR count). The molecule has 0 unspecified atom stereocenters. The van der Waals surface area contributed by atoms with Crippen molar-refractivity contribution in [2.45, 2.75) is 25.7 Å². The molecule has 3 heterocycles. The summed E-state index contributed by atoms with van der Waals surface area (Å²) in [5.41, 5.74) is 2.83. The lowest BCUT2D eigenvalue weighted by molar-refractivity contribution is 0.441. The fourth-order valence-electron chi connectivity index (χ4n) is 3.37. The summed E-state index contributed by atoms with van der Waals surface area (Å²) in [6.07, 6.45) is 8.65. The molecular formula is C19H20N4S. The molecule has 1 aliphatic heterocycles. The summed E-state index contributed by atoms with van der Waals surface area (Å²) in [6, 6.07) is 10.2. The van der Waals surface area contributed by atoms with Crippen LogP contribution in [0.5, 0.6) is 0 Å². The number of hydrogen-bond donors (Lipinski definition) is 1. The monoisotopic (exact) mass is 336 g/mol. The van der Waals surface area contributed by atoms with Gasteiger partial charge in [0.2, 0.25) is 0 Å². The van der Waals surface area contributed by atoms with Crippen molar-refractivity contribution in [2.75, 3.05) is 18.4 Å². The number of nitrogens with zero attached hydrogens (tertiary/aromatic N) is 3. The van der Waals surface area contributed by atoms with E-state index in [-0.39, 0.29) is 0 Å². The van der Waals surface area contributed by atoms with Crippen molar-refractivity contribution in [1.82, 2.24) is 14.9 Å². The predicted molar refractivity (Wildman–Crippen MR) is 103 cm³/mol. The van der Waals surface area contributed by atoms with Crippen LogP contribution in [0.1, 0.15) is 25.7 Å². The van der Waals surface area contributed by atoms with Gasteiger partial charge in [0.05, 0.1) is 16.7 Å². The maximum absolute atomic E-state index is 5.67. The lowest BCUT2D eigenvalue weighted by Gasteiger charge is -2.24. The van der Waals surface area contributed by atoms with E-state index in [0.717, 1.165) is 45.7 Å². The first-order valence-electron chi connectivity index (χ1n) is 8.51. The Morgan fingerprint density at radius 3 is 2.46 bits per heavy atom. The highest BCUT2D eigenvalue weighted by atomic mass is 32.1. The lowest BCUT2D eigenvalue weighted by atomic mass is 10.1. The molecule has 4 nitrogen and oxygen atoms in total. The Labute approximate surface area is 146 Å². The van der Waals surface area contributed by atoms with Crippen LogP contribution in [0.4, 0.5) is 5.69 Å². The topological polar surface area (TPSA) is 41.1 Å². The highest BCUT2D eigenvalue weighted by Gasteiger charge is 2.15. The molecule has 1 saturated heterocycles. The maximum atomic E-state index is 5.67. The zero-order valence-corrected chi connectivity index (χ0v) is 14.4. The molecule has 0 saturated carbocycles. The molecule has 1 aliphatic rings. The Hall–Kier alpha value is -2.27. The van der Waals surface area contributed by atoms with E-state index in [0.29, 0.717) is 0 Å². The number of hydrogen-bond acceptors (Lipinski definition) is 3. The van der Waals surface area contributed by atoms with Gasteiger partial charge in [-0.25, -0.2) is 0 Å². The zero-order chi connectivity index (χ0) is 16.4. The van der Waals surface area contributed by atoms with Gasteiger partial charge in [0.15, 0.2) is 5.11 Å². The van der Waals surface area contributed by atoms with Crippen molar-refractivity contribution in [3.8, 4) is 0 Å². The normalized spacial score (nSPS) is 15.4. The molecule has 1 aromatic carbocycles. The van der Waals surface area contributed by atoms with Crippen molar-refractivity contribution < 1.29 is 0 Å². The summed E-state index contributed by atoms with van der Waals surface area (Å²) in [5, 5.41) is 6.44. The summed E-state index contributed by atoms with van der Waals surface area (Å²) in [4.78, 5) is 11.4. The van der Waals surface area contributed by atoms with Crippen LogP contribution >= 0.6 is 12.2 Å². The number of rotatable bonds is 1. The number of thiocarbonyl (C=S) groups is 1. The lowest BCUT2D eigenvalue weighted by Crippen LogP contribution is -2.35. The molecule has 0 spiro atoms. The van der Waals surface area contributed by atoms with Crippen molar-refractivity contribution in [3.63, 3.8) is 0 Å². The minimum absolute atomic E-state index is 0.791. The first-order chi connectivity index (χ1) is 11.8. The average molecular weight is 336 g/mol. The van der Waals surface area contributed by atoms with Gasteiger partial charge in [-0.15, -0.1) is 0 Å². The molecule has 5 heteroatoms. The van der Waals surface area contributed by atoms with E-state index in [2.05, 4.69) is 38.4 Å². The van der Waals surface area contributed by atoms with E-state index in [1.165, 1.54) is 25.7 Å². The molecule has 0 radical (unpaired) electrons. The third-order valence-corrected chi connectivity index (χ3v) is 4.97. The molecule has 3 aromatic rings. The van der Waals surface area contributed by atoms with Crippen LogP contribution in [0.3, 0.4) is 0 Å². The summed E-state index contributed by atoms with van der Waals surface area (Å²) < 4.78 is 0. The molecule has 0 atom stereocenters. The summed E-state index contributed by atoms with van der Waals surface area (Å²) >= 11 is 5.67. The Bertz CT molecular complexity index is 885. The van der Waals surface area contributed by atoms with E-state index in [1.54, 1.807) is 0 Å². The minimum atomic E-state index is 0.791. The number of pyridine rings is 2. The van der Waals surface area contributed by atoms with Gasteiger partial charge in [0.1, 0.15) is 0 Å². The summed E-state index contributed by atoms with van der Waals surface area (Å²) in [5.74, 6) is 0. The van der Waals surface area contributed by atoms with Crippen molar-refractivity contribution in [3.05, 3.63) is 42.7 Å². The molecule has 0 amide bonds. The van der Waals surface area contributed by atoms with Crippen molar-refractivity contribution in [2.24, 2.45) is 0 Å². The van der Waals surface area contributed by atoms with Crippen LogP contribution in [0.15, 0.2) is 42.7 Å². The zero-order valence-electron chi connectivity index (χ0n) is 13.5. The number of benzene rings is 1. The van der Waals surface area contributed by atoms with Gasteiger partial charge >= 0.3 is 0 Å². The number of anilines is 1. The van der Waals surface area contributed by atoms with Crippen LogP contribution in [-0.4, -0.2) is 33.1 Å². The second kappa shape index (κ2) is 6.69. The van der Waals surface area contributed by atoms with Gasteiger partial charge in [-0.2, -0.15) is 0 Å². The molecule has 0 bridgehead atoms. The highest BCUT2D eigenvalue weighted by Crippen LogP contribution is 2.29. The third kappa shape index (κ3) is 2.91. The number of fused-ring (bicyclic) bond motifs is 3. The first kappa shape index (κ1) is 15.3. The average Bonchev–Trinajstić information content (AvgIpc) is 2.91. The van der Waals surface area contributed by atoms with Gasteiger partial charge < -0.3 is 10.2 Å². The van der Waals surface area contributed by atoms with Gasteiger partial charge in [0, 0.05) is 36.3 Å². The van der Waals surface area contributed by atoms with Gasteiger partial charge in [-0.05, 0) is 43.3 Å². The maximum Gasteiger partial charge on any atom is 0.173 e. The smallest absolute Gasteiger partial charge is 0.173 e. The summed E-state index contributed by atoms with van der Waals surface area (Å²) in [6.45, 7) is 2.06. The van der Waals surface area contributed by atoms with E-state index in [4.69, 9.17) is 12.2 Å². The van der Waals surface area contributed by atoms with E-state index in [1.807, 2.05) is 24.5 Å². The SMILES string of the molecule is S=C(Nc1cc2ncccc2c2cccnc12)N1CCCCCC1. The van der Waals surface area contributed by atoms with Crippen LogP contribution in [0.25, 0.3) is 21.8 Å². The van der Waals surface area contributed by atoms with Crippen LogP contribution < -0.4 is 5.32 Å². The van der Waals surface area contributed by atoms with Crippen molar-refractivity contribution >= 4 is 44.8 Å². The largest absolute Gasteiger partial charge is 0.349 e. The third-order valence-electron chi connectivity index (χ3n) is 4.61. The number of nitrogens with one attached hydrogen (secondary N) is 1. The molecule has 2 aromatic heterocycles. The summed E-state index contributed by atoms with van der Waals surface area (Å²) in [7, 11) is 0. The van der Waals surface area contributed by atoms with E-state index in [9.17, 15) is 0 Å². The predicted octanol–water partition coefficient (Wildman–Crippen LogP) is 4.36. The van der Waals surface area contributed by atoms with Crippen LogP contribution in [0.2, 0.25) is 0 Å². The van der Waals surface area contributed by atoms with Crippen molar-refractivity contribution in [1.29, 1.82) is 0 Å². The number of aromatic nitrogens is 2. The van der Waals surface area contributed by atoms with Gasteiger partial charge in [-0.3, -0.25) is 9.97 Å². The van der Waals surface area contributed by atoms with Gasteiger partial charge in [-0.1, -0.05) is 25.0 Å². The van der Waals surface area contributed by atoms with E-state index >= 15 is 0 Å². The fourth-order valence-corrected chi connectivity index (χ4v) is 3.66. The quantitative estimate of drug-likeness (QED) is 0.528. The molecule has 1 N–H and O–H groups in total. The molecule has 122 valence electrons. The number of likely N-dealkylation sites (tertiary alicyclic amines) is 1. The van der Waals surface area contributed by atoms with Crippen LogP contribution in [-0.2, 0) is 0 Å². The Morgan fingerprint density at radius 1 is 0.958 bits per heavy atom. The standard InChI is InChI=1S/C19H20N4S/c24-19(23-11-3-1-2-4-12-23)22-17-13-16-14(7-5-9-20-16)15-8-6-10-21-18(15)17/h5-10,13H,1-4,11-12H2,(H,22,24). The second-order valence-corrected chi connectivity index (χ2v) is 6.61. The molecule has 1 fully saturated rings. The Morgan fingerprint density at radius 2 is 1.67 bits per heavy atom. The molecule has 24 heavy (non-hydrogen) atoms. The van der Waals surface area contributed by atoms with E-state index < -0.39 is 0 Å². The Balaban J connectivity index is 1.73. The van der Waals surface area contributed by atoms with Crippen LogP contribution in [0, 0.1) is 0 Å². The fraction of sp³-hybridized carbons (Fsp3) is 0.316. The minimum Gasteiger partial charge on any atom is -0.349 e. The highest BCUT2D eigenvalue weighted by molar-refractivity contribution is 7.80. The molecular weight excluding hydrogens is 316 g/mol. The second-order valence-electron chi connectivity index (χ2n) is 6.23. The van der Waals surface area contributed by atoms with Gasteiger partial charge in [0.25, 0.3) is 0 Å². The Kier molecular flexibility index (Phi) is 4.26. The first-order valence-corrected chi connectivity index (χ1v) is 8.92.